The van der Waals surface area contributed by atoms with Gasteiger partial charge < -0.3 is 24.8 Å². The lowest BCUT2D eigenvalue weighted by Crippen LogP contribution is -2.50. The van der Waals surface area contributed by atoms with E-state index in [1.54, 1.807) is 0 Å². The maximum Gasteiger partial charge on any atom is 0.234 e. The molecule has 6 rings (SSSR count). The van der Waals surface area contributed by atoms with Crippen molar-refractivity contribution >= 4 is 46.3 Å². The summed E-state index contributed by atoms with van der Waals surface area (Å²) in [6, 6.07) is 15.6. The van der Waals surface area contributed by atoms with Gasteiger partial charge in [0.2, 0.25) is 5.88 Å². The number of aromatic nitrogens is 1. The van der Waals surface area contributed by atoms with Crippen molar-refractivity contribution in [3.05, 3.63) is 58.1 Å². The molecule has 1 N–H and O–H groups in total. The number of hydrogen-bond acceptors (Lipinski definition) is 7. The molecular formula is C30H36Cl2N6O. The Morgan fingerprint density at radius 3 is 2.69 bits per heavy atom. The minimum Gasteiger partial charge on any atom is -0.475 e. The zero-order chi connectivity index (χ0) is 26.2. The van der Waals surface area contributed by atoms with Crippen molar-refractivity contribution < 1.29 is 4.74 Å². The molecule has 0 aliphatic carbocycles. The highest BCUT2D eigenvalue weighted by Crippen LogP contribution is 2.39. The molecule has 7 nitrogen and oxygen atoms in total. The van der Waals surface area contributed by atoms with Gasteiger partial charge in [-0.25, -0.2) is 0 Å². The first-order valence-corrected chi connectivity index (χ1v) is 14.1. The predicted octanol–water partition coefficient (Wildman–Crippen LogP) is 5.02. The molecule has 39 heavy (non-hydrogen) atoms. The maximum atomic E-state index is 10.4. The molecule has 2 fully saturated rings. The van der Waals surface area contributed by atoms with Gasteiger partial charge in [-0.1, -0.05) is 35.9 Å². The SMILES string of the molecule is CC1CN(c2nc(OCC3CCCN3C)c(C#N)c3c2CCN(c2cccc4cccc(Cl)c24)C3)CCN1.Cl. The van der Waals surface area contributed by atoms with Crippen LogP contribution in [0.15, 0.2) is 36.4 Å². The number of benzene rings is 2. The van der Waals surface area contributed by atoms with E-state index in [9.17, 15) is 5.26 Å². The number of pyridine rings is 1. The van der Waals surface area contributed by atoms with Crippen molar-refractivity contribution in [2.45, 2.75) is 44.8 Å². The van der Waals surface area contributed by atoms with Crippen molar-refractivity contribution in [3.63, 3.8) is 0 Å². The third kappa shape index (κ3) is 5.36. The molecule has 4 heterocycles. The number of nitrogens with zero attached hydrogens (tertiary/aromatic N) is 5. The lowest BCUT2D eigenvalue weighted by atomic mass is 9.94. The normalized spacial score (nSPS) is 21.4. The van der Waals surface area contributed by atoms with E-state index in [1.807, 2.05) is 12.1 Å². The summed E-state index contributed by atoms with van der Waals surface area (Å²) in [5.74, 6) is 1.46. The van der Waals surface area contributed by atoms with Gasteiger partial charge in [-0.05, 0) is 57.3 Å². The highest BCUT2D eigenvalue weighted by atomic mass is 35.5. The Morgan fingerprint density at radius 1 is 1.13 bits per heavy atom. The number of rotatable bonds is 5. The van der Waals surface area contributed by atoms with Gasteiger partial charge in [-0.3, -0.25) is 0 Å². The van der Waals surface area contributed by atoms with Gasteiger partial charge in [0.1, 0.15) is 24.1 Å². The van der Waals surface area contributed by atoms with Gasteiger partial charge >= 0.3 is 0 Å². The summed E-state index contributed by atoms with van der Waals surface area (Å²) >= 11 is 6.70. The van der Waals surface area contributed by atoms with Crippen LogP contribution >= 0.6 is 24.0 Å². The van der Waals surface area contributed by atoms with E-state index in [2.05, 4.69) is 64.3 Å². The molecule has 0 amide bonds. The van der Waals surface area contributed by atoms with Crippen molar-refractivity contribution in [2.75, 3.05) is 56.2 Å². The van der Waals surface area contributed by atoms with E-state index in [4.69, 9.17) is 21.3 Å². The Labute approximate surface area is 242 Å². The van der Waals surface area contributed by atoms with Crippen molar-refractivity contribution in [2.24, 2.45) is 0 Å². The number of hydrogen-bond donors (Lipinski definition) is 1. The Bertz CT molecular complexity index is 1390. The van der Waals surface area contributed by atoms with Crippen molar-refractivity contribution in [1.82, 2.24) is 15.2 Å². The second-order valence-electron chi connectivity index (χ2n) is 10.9. The number of nitrogens with one attached hydrogen (secondary N) is 1. The lowest BCUT2D eigenvalue weighted by Gasteiger charge is -2.38. The quantitative estimate of drug-likeness (QED) is 0.465. The van der Waals surface area contributed by atoms with Gasteiger partial charge in [0, 0.05) is 67.0 Å². The van der Waals surface area contributed by atoms with Crippen LogP contribution in [0, 0.1) is 11.3 Å². The van der Waals surface area contributed by atoms with Crippen LogP contribution in [0.2, 0.25) is 5.02 Å². The van der Waals surface area contributed by atoms with E-state index >= 15 is 0 Å². The maximum absolute atomic E-state index is 10.4. The second-order valence-corrected chi connectivity index (χ2v) is 11.3. The molecule has 0 bridgehead atoms. The number of likely N-dealkylation sites (N-methyl/N-ethyl adjacent to an activating group) is 1. The van der Waals surface area contributed by atoms with Crippen LogP contribution in [0.4, 0.5) is 11.5 Å². The molecule has 2 unspecified atom stereocenters. The molecule has 3 aromatic rings. The van der Waals surface area contributed by atoms with Gasteiger partial charge in [-0.2, -0.15) is 10.2 Å². The molecular weight excluding hydrogens is 531 g/mol. The highest BCUT2D eigenvalue weighted by molar-refractivity contribution is 6.36. The molecule has 3 aliphatic rings. The summed E-state index contributed by atoms with van der Waals surface area (Å²) < 4.78 is 6.38. The van der Waals surface area contributed by atoms with Crippen LogP contribution in [-0.2, 0) is 13.0 Å². The zero-order valence-electron chi connectivity index (χ0n) is 22.6. The molecule has 1 aromatic heterocycles. The number of likely N-dealkylation sites (tertiary alicyclic amines) is 1. The van der Waals surface area contributed by atoms with E-state index in [-0.39, 0.29) is 12.4 Å². The first-order valence-electron chi connectivity index (χ1n) is 13.7. The fourth-order valence-electron chi connectivity index (χ4n) is 6.30. The molecule has 0 saturated carbocycles. The molecule has 9 heteroatoms. The van der Waals surface area contributed by atoms with E-state index in [0.29, 0.717) is 36.7 Å². The Kier molecular flexibility index (Phi) is 8.39. The number of nitriles is 1. The van der Waals surface area contributed by atoms with Crippen LogP contribution in [0.3, 0.4) is 0 Å². The Hall–Kier alpha value is -2.76. The summed E-state index contributed by atoms with van der Waals surface area (Å²) in [5, 5.41) is 16.9. The third-order valence-corrected chi connectivity index (χ3v) is 8.69. The molecule has 0 spiro atoms. The smallest absolute Gasteiger partial charge is 0.234 e. The fourth-order valence-corrected chi connectivity index (χ4v) is 6.58. The minimum absolute atomic E-state index is 0. The van der Waals surface area contributed by atoms with Crippen molar-refractivity contribution in [1.29, 1.82) is 5.26 Å². The standard InChI is InChI=1S/C30H35ClN6O.ClH/c1-20-17-37(15-12-33-20)29-23-11-14-36(27-10-4-7-21-6-3-9-26(31)28(21)27)18-25(23)24(16-32)30(34-29)38-19-22-8-5-13-35(22)2;/h3-4,6-7,9-10,20,22,33H,5,8,11-15,17-19H2,1-2H3;1H. The van der Waals surface area contributed by atoms with Gasteiger partial charge in [0.25, 0.3) is 0 Å². The zero-order valence-corrected chi connectivity index (χ0v) is 24.2. The molecule has 0 radical (unpaired) electrons. The Morgan fingerprint density at radius 2 is 1.95 bits per heavy atom. The summed E-state index contributed by atoms with van der Waals surface area (Å²) in [7, 11) is 2.15. The van der Waals surface area contributed by atoms with Crippen LogP contribution in [0.25, 0.3) is 10.8 Å². The number of ether oxygens (including phenoxy) is 1. The van der Waals surface area contributed by atoms with Crippen LogP contribution < -0.4 is 19.9 Å². The number of anilines is 2. The topological polar surface area (TPSA) is 67.7 Å². The molecule has 206 valence electrons. The number of fused-ring (bicyclic) bond motifs is 2. The predicted molar refractivity (Wildman–Crippen MR) is 161 cm³/mol. The van der Waals surface area contributed by atoms with E-state index < -0.39 is 0 Å². The third-order valence-electron chi connectivity index (χ3n) is 8.37. The average Bonchev–Trinajstić information content (AvgIpc) is 3.35. The first kappa shape index (κ1) is 27.8. The molecule has 2 atom stereocenters. The number of piperazine rings is 1. The monoisotopic (exact) mass is 566 g/mol. The first-order chi connectivity index (χ1) is 18.5. The number of halogens is 2. The van der Waals surface area contributed by atoms with E-state index in [1.165, 1.54) is 12.0 Å². The molecule has 2 saturated heterocycles. The lowest BCUT2D eigenvalue weighted by molar-refractivity contribution is 0.192. The minimum atomic E-state index is 0. The largest absolute Gasteiger partial charge is 0.475 e. The summed E-state index contributed by atoms with van der Waals surface area (Å²) in [4.78, 5) is 12.1. The summed E-state index contributed by atoms with van der Waals surface area (Å²) in [6.45, 7) is 8.01. The average molecular weight is 568 g/mol. The second kappa shape index (κ2) is 11.8. The highest BCUT2D eigenvalue weighted by Gasteiger charge is 2.31. The summed E-state index contributed by atoms with van der Waals surface area (Å²) in [5.41, 5.74) is 3.90. The molecule has 3 aliphatic heterocycles. The van der Waals surface area contributed by atoms with Crippen LogP contribution in [0.1, 0.15) is 36.5 Å². The van der Waals surface area contributed by atoms with Gasteiger partial charge in [0.05, 0.1) is 5.02 Å². The fraction of sp³-hybridized carbons (Fsp3) is 0.467. The van der Waals surface area contributed by atoms with Crippen LogP contribution in [-0.4, -0.2) is 68.3 Å². The van der Waals surface area contributed by atoms with Gasteiger partial charge in [-0.15, -0.1) is 12.4 Å². The molecule has 2 aromatic carbocycles. The Balaban J connectivity index is 0.00000308. The van der Waals surface area contributed by atoms with Crippen LogP contribution in [0.5, 0.6) is 5.88 Å². The van der Waals surface area contributed by atoms with Crippen molar-refractivity contribution in [3.8, 4) is 11.9 Å². The van der Waals surface area contributed by atoms with E-state index in [0.717, 1.165) is 78.4 Å². The van der Waals surface area contributed by atoms with Gasteiger partial charge in [0.15, 0.2) is 0 Å². The summed E-state index contributed by atoms with van der Waals surface area (Å²) in [6.07, 6.45) is 3.11.